The van der Waals surface area contributed by atoms with E-state index in [0.717, 1.165) is 30.2 Å². The molecule has 0 saturated carbocycles. The third-order valence-electron chi connectivity index (χ3n) is 7.27. The summed E-state index contributed by atoms with van der Waals surface area (Å²) in [5, 5.41) is 26.3. The summed E-state index contributed by atoms with van der Waals surface area (Å²) >= 11 is 0. The predicted octanol–water partition coefficient (Wildman–Crippen LogP) is 2.73. The third-order valence-corrected chi connectivity index (χ3v) is 7.27. The molecule has 35 heavy (non-hydrogen) atoms. The van der Waals surface area contributed by atoms with Gasteiger partial charge in [-0.2, -0.15) is 0 Å². The van der Waals surface area contributed by atoms with Gasteiger partial charge in [-0.25, -0.2) is 18.8 Å². The highest BCUT2D eigenvalue weighted by Crippen LogP contribution is 2.43. The molecule has 2 aromatic rings. The van der Waals surface area contributed by atoms with Crippen molar-refractivity contribution in [3.05, 3.63) is 71.8 Å². The van der Waals surface area contributed by atoms with Crippen LogP contribution in [0, 0.1) is 0 Å². The van der Waals surface area contributed by atoms with Crippen LogP contribution in [-0.4, -0.2) is 76.2 Å². The molecule has 2 aromatic carbocycles. The minimum absolute atomic E-state index is 0.246. The Kier molecular flexibility index (Phi) is 8.24. The lowest BCUT2D eigenvalue weighted by Crippen LogP contribution is -2.60. The molecule has 0 aliphatic carbocycles. The lowest BCUT2D eigenvalue weighted by Gasteiger charge is -2.46. The number of hydrogen-bond acceptors (Lipinski definition) is 5. The molecule has 8 nitrogen and oxygen atoms in total. The van der Waals surface area contributed by atoms with Gasteiger partial charge in [0.2, 0.25) is 5.60 Å². The number of carbonyl (C=O) groups is 3. The topological polar surface area (TPSA) is 121 Å². The molecule has 0 amide bonds. The molecule has 2 fully saturated rings. The first-order chi connectivity index (χ1) is 16.6. The Labute approximate surface area is 203 Å². The number of nitrogens with zero attached hydrogens (tertiary/aromatic N) is 1. The van der Waals surface area contributed by atoms with Gasteiger partial charge in [0.05, 0.1) is 19.1 Å². The number of carbonyl (C=O) groups excluding carboxylic acids is 1. The first kappa shape index (κ1) is 26.3. The van der Waals surface area contributed by atoms with Crippen molar-refractivity contribution in [1.82, 2.24) is 0 Å². The normalized spacial score (nSPS) is 25.2. The Hall–Kier alpha value is -3.30. The third kappa shape index (κ3) is 5.52. The summed E-state index contributed by atoms with van der Waals surface area (Å²) in [6.45, 7) is 0.198. The van der Waals surface area contributed by atoms with Crippen LogP contribution >= 0.6 is 0 Å². The number of carboxylic acid groups (broad SMARTS) is 2. The van der Waals surface area contributed by atoms with E-state index < -0.39 is 23.5 Å². The summed E-state index contributed by atoms with van der Waals surface area (Å²) in [6.07, 6.45) is 3.27. The first-order valence-corrected chi connectivity index (χ1v) is 11.5. The summed E-state index contributed by atoms with van der Waals surface area (Å²) in [7, 11) is 2.13. The van der Waals surface area contributed by atoms with Crippen LogP contribution in [0.2, 0.25) is 0 Å². The van der Waals surface area contributed by atoms with Gasteiger partial charge in [0, 0.05) is 25.7 Å². The average molecular weight is 489 g/mol. The zero-order valence-corrected chi connectivity index (χ0v) is 19.5. The second kappa shape index (κ2) is 11.0. The zero-order valence-electron chi connectivity index (χ0n) is 19.5. The Morgan fingerprint density at radius 2 is 1.34 bits per heavy atom. The predicted molar refractivity (Wildman–Crippen MR) is 124 cm³/mol. The number of benzene rings is 2. The number of quaternary nitrogens is 1. The molecule has 2 aliphatic heterocycles. The Bertz CT molecular complexity index is 965. The number of rotatable bonds is 6. The number of hydrogen-bond donors (Lipinski definition) is 3. The fourth-order valence-corrected chi connectivity index (χ4v) is 5.33. The molecule has 2 heterocycles. The number of alkyl halides is 1. The molecular formula is C26H31FNO7+. The van der Waals surface area contributed by atoms with E-state index in [9.17, 15) is 14.3 Å². The molecule has 0 spiro atoms. The standard InChI is InChI=1S/C24H29FNO3.C2H2O4/c1-26(15-14-25)20-12-13-21(26)17-22(16-20)29-23(27)24(28,18-8-4-2-5-9-18)19-10-6-3-7-11-19;3-1(4)2(5)6/h2-11,20-22,28H,12-17H2,1H3;(H,3,4)(H,5,6)/q+1;/t20-,21-,22?,26?;/m1./s1. The van der Waals surface area contributed by atoms with Gasteiger partial charge in [-0.15, -0.1) is 0 Å². The van der Waals surface area contributed by atoms with Gasteiger partial charge in [-0.3, -0.25) is 0 Å². The molecule has 2 atom stereocenters. The van der Waals surface area contributed by atoms with E-state index in [2.05, 4.69) is 7.05 Å². The first-order valence-electron chi connectivity index (χ1n) is 11.5. The maximum Gasteiger partial charge on any atom is 0.414 e. The number of fused-ring (bicyclic) bond motifs is 2. The molecule has 4 rings (SSSR count). The van der Waals surface area contributed by atoms with E-state index in [1.807, 2.05) is 12.1 Å². The number of ether oxygens (including phenoxy) is 1. The van der Waals surface area contributed by atoms with Crippen molar-refractivity contribution in [2.75, 3.05) is 20.3 Å². The van der Waals surface area contributed by atoms with E-state index in [4.69, 9.17) is 24.5 Å². The van der Waals surface area contributed by atoms with Crippen molar-refractivity contribution >= 4 is 17.9 Å². The summed E-state index contributed by atoms with van der Waals surface area (Å²) in [5.41, 5.74) is -0.864. The van der Waals surface area contributed by atoms with Crippen molar-refractivity contribution in [2.24, 2.45) is 0 Å². The van der Waals surface area contributed by atoms with Crippen molar-refractivity contribution in [1.29, 1.82) is 0 Å². The van der Waals surface area contributed by atoms with Crippen LogP contribution in [0.1, 0.15) is 36.8 Å². The van der Waals surface area contributed by atoms with Gasteiger partial charge in [0.1, 0.15) is 19.3 Å². The van der Waals surface area contributed by atoms with Crippen LogP contribution in [-0.2, 0) is 24.7 Å². The highest BCUT2D eigenvalue weighted by atomic mass is 19.1. The monoisotopic (exact) mass is 488 g/mol. The largest absolute Gasteiger partial charge is 0.473 e. The maximum atomic E-state index is 13.3. The molecule has 3 N–H and O–H groups in total. The van der Waals surface area contributed by atoms with Crippen LogP contribution in [0.3, 0.4) is 0 Å². The molecule has 9 heteroatoms. The fraction of sp³-hybridized carbons (Fsp3) is 0.423. The maximum absolute atomic E-state index is 13.3. The Morgan fingerprint density at radius 3 is 1.71 bits per heavy atom. The van der Waals surface area contributed by atoms with Gasteiger partial charge < -0.3 is 24.5 Å². The van der Waals surface area contributed by atoms with Gasteiger partial charge in [0.25, 0.3) is 0 Å². The number of carboxylic acids is 2. The quantitative estimate of drug-likeness (QED) is 0.325. The number of esters is 1. The number of aliphatic carboxylic acids is 2. The Morgan fingerprint density at radius 1 is 0.914 bits per heavy atom. The van der Waals surface area contributed by atoms with E-state index in [1.54, 1.807) is 48.5 Å². The molecule has 2 saturated heterocycles. The second-order valence-corrected chi connectivity index (χ2v) is 9.20. The lowest BCUT2D eigenvalue weighted by atomic mass is 9.86. The highest BCUT2D eigenvalue weighted by molar-refractivity contribution is 6.27. The molecule has 0 unspecified atom stereocenters. The minimum Gasteiger partial charge on any atom is -0.473 e. The SMILES string of the molecule is C[N+]1(CCF)[C@@H]2CC[C@@H]1CC(OC(=O)C(O)(c1ccccc1)c1ccccc1)C2.O=C(O)C(=O)O. The van der Waals surface area contributed by atoms with Gasteiger partial charge in [0.15, 0.2) is 0 Å². The van der Waals surface area contributed by atoms with Crippen molar-refractivity contribution in [2.45, 2.75) is 49.5 Å². The highest BCUT2D eigenvalue weighted by Gasteiger charge is 2.53. The second-order valence-electron chi connectivity index (χ2n) is 9.20. The van der Waals surface area contributed by atoms with E-state index in [1.165, 1.54) is 0 Å². The number of aliphatic hydroxyl groups is 1. The van der Waals surface area contributed by atoms with Crippen molar-refractivity contribution < 1.29 is 43.3 Å². The fourth-order valence-electron chi connectivity index (χ4n) is 5.33. The molecule has 2 aliphatic rings. The van der Waals surface area contributed by atoms with Gasteiger partial charge in [-0.1, -0.05) is 60.7 Å². The average Bonchev–Trinajstić information content (AvgIpc) is 3.01. The lowest BCUT2D eigenvalue weighted by molar-refractivity contribution is -0.949. The molecule has 0 aromatic heterocycles. The molecule has 188 valence electrons. The molecule has 0 radical (unpaired) electrons. The van der Waals surface area contributed by atoms with Crippen LogP contribution < -0.4 is 0 Å². The minimum atomic E-state index is -1.85. The van der Waals surface area contributed by atoms with E-state index in [-0.39, 0.29) is 12.8 Å². The summed E-state index contributed by atoms with van der Waals surface area (Å²) in [5.74, 6) is -4.29. The van der Waals surface area contributed by atoms with Crippen LogP contribution in [0.15, 0.2) is 60.7 Å². The van der Waals surface area contributed by atoms with E-state index in [0.29, 0.717) is 29.8 Å². The molecule has 2 bridgehead atoms. The summed E-state index contributed by atoms with van der Waals surface area (Å²) < 4.78 is 19.8. The zero-order chi connectivity index (χ0) is 25.6. The van der Waals surface area contributed by atoms with Gasteiger partial charge in [-0.05, 0) is 11.1 Å². The van der Waals surface area contributed by atoms with Crippen LogP contribution in [0.4, 0.5) is 4.39 Å². The smallest absolute Gasteiger partial charge is 0.414 e. The van der Waals surface area contributed by atoms with Crippen LogP contribution in [0.25, 0.3) is 0 Å². The van der Waals surface area contributed by atoms with Crippen molar-refractivity contribution in [3.63, 3.8) is 0 Å². The summed E-state index contributed by atoms with van der Waals surface area (Å²) in [4.78, 5) is 31.5. The van der Waals surface area contributed by atoms with Gasteiger partial charge >= 0.3 is 17.9 Å². The number of halogens is 1. The van der Waals surface area contributed by atoms with Crippen LogP contribution in [0.5, 0.6) is 0 Å². The van der Waals surface area contributed by atoms with E-state index >= 15 is 0 Å². The molecular weight excluding hydrogens is 457 g/mol. The summed E-state index contributed by atoms with van der Waals surface area (Å²) in [6, 6.07) is 18.5. The Balaban J connectivity index is 0.000000509. The van der Waals surface area contributed by atoms with Crippen molar-refractivity contribution in [3.8, 4) is 0 Å². The number of piperidine rings is 1.